The summed E-state index contributed by atoms with van der Waals surface area (Å²) in [5.41, 5.74) is 1.07. The zero-order valence-electron chi connectivity index (χ0n) is 20.7. The van der Waals surface area contributed by atoms with Crippen molar-refractivity contribution in [2.45, 2.75) is 56.8 Å². The maximum absolute atomic E-state index is 13.4. The fraction of sp³-hybridized carbons (Fsp3) is 0.654. The number of carbonyl (C=O) groups is 3. The normalized spacial score (nSPS) is 27.6. The summed E-state index contributed by atoms with van der Waals surface area (Å²) in [5, 5.41) is 2.95. The van der Waals surface area contributed by atoms with E-state index >= 15 is 0 Å². The SMILES string of the molecule is CN1CCN(C(=O)C[C@H]2CC[C@H]3[C@H](COc4ccc(NC(=O)C5CCC5)cc4C(=O)N3C)O2)CC1. The number of piperazine rings is 1. The molecule has 9 heteroatoms. The molecule has 0 bridgehead atoms. The van der Waals surface area contributed by atoms with Crippen LogP contribution in [0.4, 0.5) is 5.69 Å². The lowest BCUT2D eigenvalue weighted by atomic mass is 9.85. The van der Waals surface area contributed by atoms with E-state index in [2.05, 4.69) is 17.3 Å². The zero-order chi connectivity index (χ0) is 24.5. The largest absolute Gasteiger partial charge is 0.490 e. The second kappa shape index (κ2) is 10.1. The molecule has 2 saturated heterocycles. The summed E-state index contributed by atoms with van der Waals surface area (Å²) in [5.74, 6) is 0.565. The molecule has 1 aliphatic carbocycles. The van der Waals surface area contributed by atoms with Crippen LogP contribution in [0.2, 0.25) is 0 Å². The first kappa shape index (κ1) is 24.1. The van der Waals surface area contributed by atoms with Gasteiger partial charge in [-0.3, -0.25) is 14.4 Å². The Morgan fingerprint density at radius 2 is 1.83 bits per heavy atom. The van der Waals surface area contributed by atoms with Gasteiger partial charge in [0.05, 0.1) is 24.1 Å². The number of nitrogens with zero attached hydrogens (tertiary/aromatic N) is 3. The van der Waals surface area contributed by atoms with Crippen molar-refractivity contribution in [3.05, 3.63) is 23.8 Å². The summed E-state index contributed by atoms with van der Waals surface area (Å²) < 4.78 is 12.4. The molecule has 1 N–H and O–H groups in total. The van der Waals surface area contributed by atoms with Crippen molar-refractivity contribution >= 4 is 23.4 Å². The van der Waals surface area contributed by atoms with Gasteiger partial charge in [0.15, 0.2) is 0 Å². The van der Waals surface area contributed by atoms with Crippen LogP contribution in [0, 0.1) is 5.92 Å². The lowest BCUT2D eigenvalue weighted by molar-refractivity contribution is -0.144. The molecule has 1 aromatic rings. The molecule has 35 heavy (non-hydrogen) atoms. The van der Waals surface area contributed by atoms with Gasteiger partial charge in [-0.05, 0) is 50.9 Å². The minimum absolute atomic E-state index is 0.0154. The number of hydrogen-bond donors (Lipinski definition) is 1. The zero-order valence-corrected chi connectivity index (χ0v) is 20.7. The molecule has 0 spiro atoms. The van der Waals surface area contributed by atoms with Gasteiger partial charge in [0.1, 0.15) is 18.5 Å². The standard InChI is InChI=1S/C26H36N4O5/c1-28-10-12-30(13-11-28)24(31)15-19-7-8-21-23(35-19)16-34-22-9-6-18(14-20(22)26(33)29(21)2)27-25(32)17-4-3-5-17/h6,9,14,17,19,21,23H,3-5,7-8,10-13,15-16H2,1-2H3,(H,27,32)/t19-,21+,23+/m1/s1. The Kier molecular flexibility index (Phi) is 6.98. The van der Waals surface area contributed by atoms with E-state index in [4.69, 9.17) is 9.47 Å². The van der Waals surface area contributed by atoms with Gasteiger partial charge < -0.3 is 29.5 Å². The molecule has 1 saturated carbocycles. The van der Waals surface area contributed by atoms with E-state index in [9.17, 15) is 14.4 Å². The van der Waals surface area contributed by atoms with Crippen molar-refractivity contribution in [3.63, 3.8) is 0 Å². The fourth-order valence-corrected chi connectivity index (χ4v) is 5.40. The van der Waals surface area contributed by atoms with E-state index in [1.54, 1.807) is 30.1 Å². The van der Waals surface area contributed by atoms with Gasteiger partial charge in [0.25, 0.3) is 5.91 Å². The van der Waals surface area contributed by atoms with Gasteiger partial charge in [-0.2, -0.15) is 0 Å². The average Bonchev–Trinajstić information content (AvgIpc) is 2.81. The number of benzene rings is 1. The molecule has 4 aliphatic rings. The summed E-state index contributed by atoms with van der Waals surface area (Å²) in [4.78, 5) is 44.5. The minimum atomic E-state index is -0.297. The Morgan fingerprint density at radius 3 is 2.54 bits per heavy atom. The summed E-state index contributed by atoms with van der Waals surface area (Å²) in [7, 11) is 3.87. The van der Waals surface area contributed by atoms with Gasteiger partial charge in [-0.1, -0.05) is 6.42 Å². The van der Waals surface area contributed by atoms with Gasteiger partial charge >= 0.3 is 0 Å². The van der Waals surface area contributed by atoms with Crippen LogP contribution in [0.1, 0.15) is 48.9 Å². The van der Waals surface area contributed by atoms with E-state index in [1.165, 1.54) is 0 Å². The van der Waals surface area contributed by atoms with Crippen LogP contribution in [-0.2, 0) is 14.3 Å². The second-order valence-electron chi connectivity index (χ2n) is 10.4. The van der Waals surface area contributed by atoms with E-state index in [0.29, 0.717) is 30.0 Å². The first-order valence-corrected chi connectivity index (χ1v) is 12.9. The molecule has 190 valence electrons. The van der Waals surface area contributed by atoms with Crippen LogP contribution < -0.4 is 10.1 Å². The summed E-state index contributed by atoms with van der Waals surface area (Å²) in [6.07, 6.45) is 4.32. The van der Waals surface area contributed by atoms with E-state index in [0.717, 1.165) is 58.3 Å². The number of carbonyl (C=O) groups excluding carboxylic acids is 3. The molecule has 0 unspecified atom stereocenters. The quantitative estimate of drug-likeness (QED) is 0.703. The number of rotatable bonds is 4. The molecular weight excluding hydrogens is 448 g/mol. The number of anilines is 1. The molecule has 3 aliphatic heterocycles. The van der Waals surface area contributed by atoms with Gasteiger partial charge in [-0.15, -0.1) is 0 Å². The highest BCUT2D eigenvalue weighted by molar-refractivity contribution is 6.00. The average molecular weight is 485 g/mol. The monoisotopic (exact) mass is 484 g/mol. The van der Waals surface area contributed by atoms with E-state index in [1.807, 2.05) is 4.90 Å². The summed E-state index contributed by atoms with van der Waals surface area (Å²) in [6, 6.07) is 5.11. The Labute approximate surface area is 206 Å². The predicted octanol–water partition coefficient (Wildman–Crippen LogP) is 1.97. The van der Waals surface area contributed by atoms with Crippen molar-refractivity contribution in [1.29, 1.82) is 0 Å². The highest BCUT2D eigenvalue weighted by Crippen LogP contribution is 2.33. The topological polar surface area (TPSA) is 91.4 Å². The molecule has 9 nitrogen and oxygen atoms in total. The van der Waals surface area contributed by atoms with Crippen LogP contribution in [-0.4, -0.2) is 97.6 Å². The first-order chi connectivity index (χ1) is 16.9. The smallest absolute Gasteiger partial charge is 0.257 e. The minimum Gasteiger partial charge on any atom is -0.490 e. The Bertz CT molecular complexity index is 972. The molecule has 3 fully saturated rings. The lowest BCUT2D eigenvalue weighted by Crippen LogP contribution is -2.54. The third-order valence-electron chi connectivity index (χ3n) is 8.01. The highest BCUT2D eigenvalue weighted by Gasteiger charge is 2.39. The molecule has 3 amide bonds. The number of hydrogen-bond acceptors (Lipinski definition) is 6. The predicted molar refractivity (Wildman–Crippen MR) is 130 cm³/mol. The fourth-order valence-electron chi connectivity index (χ4n) is 5.40. The van der Waals surface area contributed by atoms with Crippen LogP contribution in [0.15, 0.2) is 18.2 Å². The number of nitrogens with one attached hydrogen (secondary N) is 1. The highest BCUT2D eigenvalue weighted by atomic mass is 16.5. The van der Waals surface area contributed by atoms with Crippen LogP contribution in [0.5, 0.6) is 5.75 Å². The number of ether oxygens (including phenoxy) is 2. The molecular formula is C26H36N4O5. The molecule has 3 heterocycles. The summed E-state index contributed by atoms with van der Waals surface area (Å²) in [6.45, 7) is 3.62. The molecule has 3 atom stereocenters. The van der Waals surface area contributed by atoms with Gasteiger partial charge in [-0.25, -0.2) is 0 Å². The molecule has 0 aromatic heterocycles. The van der Waals surface area contributed by atoms with E-state index < -0.39 is 0 Å². The van der Waals surface area contributed by atoms with Crippen LogP contribution >= 0.6 is 0 Å². The Hall–Kier alpha value is -2.65. The molecule has 1 aromatic carbocycles. The van der Waals surface area contributed by atoms with Crippen LogP contribution in [0.25, 0.3) is 0 Å². The van der Waals surface area contributed by atoms with Crippen molar-refractivity contribution in [1.82, 2.24) is 14.7 Å². The Morgan fingerprint density at radius 1 is 1.06 bits per heavy atom. The van der Waals surface area contributed by atoms with Gasteiger partial charge in [0.2, 0.25) is 11.8 Å². The first-order valence-electron chi connectivity index (χ1n) is 12.9. The van der Waals surface area contributed by atoms with Gasteiger partial charge in [0, 0.05) is 44.8 Å². The van der Waals surface area contributed by atoms with Crippen molar-refractivity contribution in [3.8, 4) is 5.75 Å². The maximum atomic E-state index is 13.4. The Balaban J connectivity index is 1.23. The number of amides is 3. The number of likely N-dealkylation sites (N-methyl/N-ethyl adjacent to an activating group) is 2. The van der Waals surface area contributed by atoms with Crippen LogP contribution in [0.3, 0.4) is 0 Å². The van der Waals surface area contributed by atoms with Crippen molar-refractivity contribution in [2.24, 2.45) is 5.92 Å². The van der Waals surface area contributed by atoms with E-state index in [-0.39, 0.29) is 41.9 Å². The van der Waals surface area contributed by atoms with Crippen molar-refractivity contribution < 1.29 is 23.9 Å². The molecule has 5 rings (SSSR count). The maximum Gasteiger partial charge on any atom is 0.257 e. The third-order valence-corrected chi connectivity index (χ3v) is 8.01. The second-order valence-corrected chi connectivity index (χ2v) is 10.4. The lowest BCUT2D eigenvalue weighted by Gasteiger charge is -2.42. The third kappa shape index (κ3) is 5.16. The number of fused-ring (bicyclic) bond motifs is 2. The summed E-state index contributed by atoms with van der Waals surface area (Å²) >= 11 is 0. The molecule has 0 radical (unpaired) electrons. The van der Waals surface area contributed by atoms with Crippen molar-refractivity contribution in [2.75, 3.05) is 52.2 Å².